The van der Waals surface area contributed by atoms with Gasteiger partial charge in [0, 0.05) is 12.8 Å². The Hall–Kier alpha value is -1.66. The van der Waals surface area contributed by atoms with Crippen LogP contribution in [0.4, 0.5) is 0 Å². The van der Waals surface area contributed by atoms with Gasteiger partial charge < -0.3 is 20.3 Å². The first-order valence-electron chi connectivity index (χ1n) is 31.1. The van der Waals surface area contributed by atoms with Crippen molar-refractivity contribution < 1.29 is 24.5 Å². The summed E-state index contributed by atoms with van der Waals surface area (Å²) in [7, 11) is 0. The molecule has 0 aromatic heterocycles. The molecule has 0 fully saturated rings. The average molecular weight is 973 g/mol. The fourth-order valence-electron chi connectivity index (χ4n) is 9.69. The van der Waals surface area contributed by atoms with E-state index in [9.17, 15) is 19.8 Å². The summed E-state index contributed by atoms with van der Waals surface area (Å²) in [6.07, 6.45) is 71.8. The van der Waals surface area contributed by atoms with Gasteiger partial charge in [-0.05, 0) is 77.0 Å². The lowest BCUT2D eigenvalue weighted by atomic mass is 10.0. The van der Waals surface area contributed by atoms with Crippen LogP contribution in [0.2, 0.25) is 0 Å². The first-order valence-corrected chi connectivity index (χ1v) is 31.1. The highest BCUT2D eigenvalue weighted by Gasteiger charge is 2.20. The van der Waals surface area contributed by atoms with Crippen molar-refractivity contribution in [1.82, 2.24) is 5.32 Å². The number of esters is 1. The molecule has 0 aliphatic rings. The Morgan fingerprint density at radius 2 is 0.681 bits per heavy atom. The zero-order chi connectivity index (χ0) is 50.0. The Labute approximate surface area is 431 Å². The van der Waals surface area contributed by atoms with Gasteiger partial charge in [-0.25, -0.2) is 0 Å². The van der Waals surface area contributed by atoms with Crippen LogP contribution in [0.15, 0.2) is 24.3 Å². The summed E-state index contributed by atoms with van der Waals surface area (Å²) in [6, 6.07) is -0.547. The normalized spacial score (nSPS) is 12.7. The quantitative estimate of drug-likeness (QED) is 0.0321. The summed E-state index contributed by atoms with van der Waals surface area (Å²) in [6.45, 7) is 4.96. The zero-order valence-corrected chi connectivity index (χ0v) is 46.6. The molecule has 6 nitrogen and oxygen atoms in total. The molecule has 0 radical (unpaired) electrons. The first-order chi connectivity index (χ1) is 34.0. The number of unbranched alkanes of at least 4 members (excludes halogenated alkanes) is 43. The van der Waals surface area contributed by atoms with Gasteiger partial charge in [0.2, 0.25) is 5.91 Å². The largest absolute Gasteiger partial charge is 0.466 e. The molecule has 2 unspecified atom stereocenters. The van der Waals surface area contributed by atoms with Gasteiger partial charge in [0.1, 0.15) is 0 Å². The number of hydrogen-bond donors (Lipinski definition) is 3. The fourth-order valence-corrected chi connectivity index (χ4v) is 9.69. The highest BCUT2D eigenvalue weighted by molar-refractivity contribution is 5.76. The number of allylic oxidation sites excluding steroid dienone is 4. The molecule has 0 saturated heterocycles. The minimum atomic E-state index is -0.669. The van der Waals surface area contributed by atoms with E-state index >= 15 is 0 Å². The van der Waals surface area contributed by atoms with Crippen molar-refractivity contribution in [3.8, 4) is 0 Å². The molecular weight excluding hydrogens is 851 g/mol. The summed E-state index contributed by atoms with van der Waals surface area (Å²) in [5.41, 5.74) is 0. The van der Waals surface area contributed by atoms with E-state index in [1.54, 1.807) is 0 Å². The summed E-state index contributed by atoms with van der Waals surface area (Å²) in [5, 5.41) is 23.3. The second kappa shape index (κ2) is 58.9. The summed E-state index contributed by atoms with van der Waals surface area (Å²) < 4.78 is 5.48. The third-order valence-corrected chi connectivity index (χ3v) is 14.5. The number of aliphatic hydroxyl groups is 2. The third kappa shape index (κ3) is 55.5. The molecule has 0 aromatic carbocycles. The monoisotopic (exact) mass is 972 g/mol. The van der Waals surface area contributed by atoms with Crippen LogP contribution in [-0.4, -0.2) is 47.4 Å². The Kier molecular flexibility index (Phi) is 57.5. The lowest BCUT2D eigenvalue weighted by Gasteiger charge is -2.22. The van der Waals surface area contributed by atoms with Gasteiger partial charge >= 0.3 is 5.97 Å². The average Bonchev–Trinajstić information content (AvgIpc) is 3.35. The van der Waals surface area contributed by atoms with E-state index in [0.717, 1.165) is 44.9 Å². The van der Waals surface area contributed by atoms with Crippen LogP contribution in [0.25, 0.3) is 0 Å². The predicted octanol–water partition coefficient (Wildman–Crippen LogP) is 19.4. The molecular formula is C63H121NO5. The lowest BCUT2D eigenvalue weighted by Crippen LogP contribution is -2.45. The van der Waals surface area contributed by atoms with E-state index < -0.39 is 12.1 Å². The number of aliphatic hydroxyl groups excluding tert-OH is 2. The summed E-state index contributed by atoms with van der Waals surface area (Å²) in [4.78, 5) is 24.5. The molecule has 0 bridgehead atoms. The molecule has 0 aliphatic carbocycles. The molecule has 3 N–H and O–H groups in total. The molecule has 0 heterocycles. The maximum Gasteiger partial charge on any atom is 0.305 e. The van der Waals surface area contributed by atoms with Crippen LogP contribution < -0.4 is 5.32 Å². The van der Waals surface area contributed by atoms with Crippen molar-refractivity contribution in [2.45, 2.75) is 353 Å². The second-order valence-corrected chi connectivity index (χ2v) is 21.4. The lowest BCUT2D eigenvalue weighted by molar-refractivity contribution is -0.143. The minimum Gasteiger partial charge on any atom is -0.466 e. The van der Waals surface area contributed by atoms with Crippen molar-refractivity contribution in [3.63, 3.8) is 0 Å². The first kappa shape index (κ1) is 67.3. The van der Waals surface area contributed by atoms with Crippen LogP contribution in [0.3, 0.4) is 0 Å². The van der Waals surface area contributed by atoms with Crippen LogP contribution in [0.1, 0.15) is 341 Å². The van der Waals surface area contributed by atoms with Crippen molar-refractivity contribution in [2.24, 2.45) is 0 Å². The number of nitrogens with one attached hydrogen (secondary N) is 1. The molecule has 0 aliphatic heterocycles. The standard InChI is InChI=1S/C63H121NO5/c1-3-5-7-9-11-13-15-17-19-29-33-37-41-45-49-53-57-63(68)69-58-54-50-46-42-38-34-30-26-24-22-20-21-23-25-28-32-36-40-44-48-52-56-62(67)64-60(59-65)61(66)55-51-47-43-39-35-31-27-18-16-14-12-10-8-6-4-2/h19,21,23,29,60-61,65-66H,3-18,20,22,24-28,30-59H2,1-2H3,(H,64,67)/b23-21-,29-19-. The molecule has 0 rings (SSSR count). The van der Waals surface area contributed by atoms with E-state index in [2.05, 4.69) is 43.5 Å². The molecule has 6 heteroatoms. The molecule has 0 aromatic rings. The number of amides is 1. The minimum absolute atomic E-state index is 0.00126. The van der Waals surface area contributed by atoms with Crippen LogP contribution in [0.5, 0.6) is 0 Å². The van der Waals surface area contributed by atoms with Crippen molar-refractivity contribution in [1.29, 1.82) is 0 Å². The Morgan fingerprint density at radius 1 is 0.391 bits per heavy atom. The summed E-state index contributed by atoms with van der Waals surface area (Å²) >= 11 is 0. The highest BCUT2D eigenvalue weighted by Crippen LogP contribution is 2.17. The molecule has 408 valence electrons. The molecule has 69 heavy (non-hydrogen) atoms. The fraction of sp³-hybridized carbons (Fsp3) is 0.905. The maximum atomic E-state index is 12.5. The second-order valence-electron chi connectivity index (χ2n) is 21.4. The molecule has 0 saturated carbocycles. The SMILES string of the molecule is CCCCCCCCC/C=C\CCCCCCCC(=O)OCCCCCCCCCCCC/C=C\CCCCCCCCCC(=O)NC(CO)C(O)CCCCCCCCCCCCCCCCC. The number of ether oxygens (including phenoxy) is 1. The third-order valence-electron chi connectivity index (χ3n) is 14.5. The smallest absolute Gasteiger partial charge is 0.305 e. The Morgan fingerprint density at radius 3 is 1.03 bits per heavy atom. The van der Waals surface area contributed by atoms with Crippen molar-refractivity contribution >= 4 is 11.9 Å². The Bertz CT molecular complexity index is 1080. The van der Waals surface area contributed by atoms with Crippen LogP contribution >= 0.6 is 0 Å². The molecule has 2 atom stereocenters. The number of hydrogen-bond acceptors (Lipinski definition) is 5. The van der Waals surface area contributed by atoms with Crippen LogP contribution in [0, 0.1) is 0 Å². The van der Waals surface area contributed by atoms with Gasteiger partial charge in [-0.15, -0.1) is 0 Å². The zero-order valence-electron chi connectivity index (χ0n) is 46.6. The van der Waals surface area contributed by atoms with E-state index in [0.29, 0.717) is 25.9 Å². The van der Waals surface area contributed by atoms with Gasteiger partial charge in [-0.2, -0.15) is 0 Å². The number of carbonyl (C=O) groups excluding carboxylic acids is 2. The van der Waals surface area contributed by atoms with E-state index in [-0.39, 0.29) is 18.5 Å². The van der Waals surface area contributed by atoms with Gasteiger partial charge in [-0.1, -0.05) is 276 Å². The number of carbonyl (C=O) groups is 2. The van der Waals surface area contributed by atoms with E-state index in [4.69, 9.17) is 4.74 Å². The molecule has 0 spiro atoms. The van der Waals surface area contributed by atoms with Crippen LogP contribution in [-0.2, 0) is 14.3 Å². The maximum absolute atomic E-state index is 12.5. The van der Waals surface area contributed by atoms with Gasteiger partial charge in [0.15, 0.2) is 0 Å². The van der Waals surface area contributed by atoms with Gasteiger partial charge in [0.05, 0.1) is 25.4 Å². The predicted molar refractivity (Wildman–Crippen MR) is 301 cm³/mol. The van der Waals surface area contributed by atoms with Crippen molar-refractivity contribution in [3.05, 3.63) is 24.3 Å². The van der Waals surface area contributed by atoms with Gasteiger partial charge in [-0.3, -0.25) is 9.59 Å². The van der Waals surface area contributed by atoms with E-state index in [1.165, 1.54) is 263 Å². The van der Waals surface area contributed by atoms with Crippen molar-refractivity contribution in [2.75, 3.05) is 13.2 Å². The highest BCUT2D eigenvalue weighted by atomic mass is 16.5. The van der Waals surface area contributed by atoms with E-state index in [1.807, 2.05) is 0 Å². The molecule has 1 amide bonds. The Balaban J connectivity index is 3.42. The van der Waals surface area contributed by atoms with Gasteiger partial charge in [0.25, 0.3) is 0 Å². The topological polar surface area (TPSA) is 95.9 Å². The number of rotatable bonds is 58. The summed E-state index contributed by atoms with van der Waals surface area (Å²) in [5.74, 6) is -0.0398.